The molecule has 5 nitrogen and oxygen atoms in total. The van der Waals surface area contributed by atoms with Gasteiger partial charge in [-0.2, -0.15) is 5.10 Å². The molecule has 0 saturated heterocycles. The molecular weight excluding hydrogens is 548 g/mol. The van der Waals surface area contributed by atoms with Crippen LogP contribution in [0.15, 0.2) is 59.8 Å². The topological polar surface area (TPSA) is 63.6 Å². The van der Waals surface area contributed by atoms with Crippen molar-refractivity contribution in [2.45, 2.75) is 6.61 Å². The Labute approximate surface area is 196 Å². The second-order valence-electron chi connectivity index (χ2n) is 5.77. The average Bonchev–Trinajstić information content (AvgIpc) is 2.70. The zero-order valence-electron chi connectivity index (χ0n) is 14.7. The molecule has 0 atom stereocenters. The Balaban J connectivity index is 1.60. The van der Waals surface area contributed by atoms with Crippen LogP contribution in [-0.4, -0.2) is 17.1 Å². The first-order valence-corrected chi connectivity index (χ1v) is 10.5. The lowest BCUT2D eigenvalue weighted by Crippen LogP contribution is -2.18. The van der Waals surface area contributed by atoms with Gasteiger partial charge in [0.05, 0.1) is 25.4 Å². The normalized spacial score (nSPS) is 10.9. The number of amides is 1. The van der Waals surface area contributed by atoms with Gasteiger partial charge >= 0.3 is 0 Å². The molecule has 1 amide bonds. The SMILES string of the molecule is O=C(NN=Cc1ccc(OCc2ccc(Cl)c(Cl)c2)c(I)c1)c1cccnc1Cl. The molecule has 148 valence electrons. The van der Waals surface area contributed by atoms with Gasteiger partial charge in [-0.3, -0.25) is 4.79 Å². The van der Waals surface area contributed by atoms with E-state index in [9.17, 15) is 4.79 Å². The summed E-state index contributed by atoms with van der Waals surface area (Å²) in [5, 5.41) is 5.08. The fraction of sp³-hybridized carbons (Fsp3) is 0.0500. The van der Waals surface area contributed by atoms with Crippen LogP contribution in [0.1, 0.15) is 21.5 Å². The van der Waals surface area contributed by atoms with Crippen molar-refractivity contribution in [3.8, 4) is 5.75 Å². The van der Waals surface area contributed by atoms with Crippen LogP contribution in [0.4, 0.5) is 0 Å². The summed E-state index contributed by atoms with van der Waals surface area (Å²) in [6.45, 7) is 0.363. The highest BCUT2D eigenvalue weighted by molar-refractivity contribution is 14.1. The maximum Gasteiger partial charge on any atom is 0.274 e. The second kappa shape index (κ2) is 10.2. The third kappa shape index (κ3) is 6.05. The van der Waals surface area contributed by atoms with Crippen LogP contribution in [0.5, 0.6) is 5.75 Å². The van der Waals surface area contributed by atoms with E-state index in [2.05, 4.69) is 38.1 Å². The molecule has 0 saturated carbocycles. The molecule has 1 heterocycles. The minimum Gasteiger partial charge on any atom is -0.488 e. The van der Waals surface area contributed by atoms with E-state index in [4.69, 9.17) is 39.5 Å². The number of pyridine rings is 1. The Kier molecular flexibility index (Phi) is 7.71. The molecule has 0 aliphatic heterocycles. The van der Waals surface area contributed by atoms with Gasteiger partial charge in [-0.25, -0.2) is 10.4 Å². The third-order valence-corrected chi connectivity index (χ3v) is 5.60. The molecule has 0 aliphatic rings. The number of aromatic nitrogens is 1. The number of hydrogen-bond acceptors (Lipinski definition) is 4. The van der Waals surface area contributed by atoms with Crippen molar-refractivity contribution in [2.24, 2.45) is 5.10 Å². The summed E-state index contributed by atoms with van der Waals surface area (Å²) in [5.74, 6) is 0.288. The molecule has 29 heavy (non-hydrogen) atoms. The monoisotopic (exact) mass is 559 g/mol. The Morgan fingerprint density at radius 3 is 2.69 bits per heavy atom. The number of hydrogen-bond donors (Lipinski definition) is 1. The van der Waals surface area contributed by atoms with Crippen LogP contribution < -0.4 is 10.2 Å². The lowest BCUT2D eigenvalue weighted by atomic mass is 10.2. The fourth-order valence-electron chi connectivity index (χ4n) is 2.29. The average molecular weight is 561 g/mol. The third-order valence-electron chi connectivity index (χ3n) is 3.72. The number of hydrazone groups is 1. The van der Waals surface area contributed by atoms with Crippen molar-refractivity contribution in [3.05, 3.63) is 90.2 Å². The second-order valence-corrected chi connectivity index (χ2v) is 8.10. The molecular formula is C20H13Cl3IN3O2. The number of carbonyl (C=O) groups excluding carboxylic acids is 1. The van der Waals surface area contributed by atoms with E-state index in [1.54, 1.807) is 24.3 Å². The van der Waals surface area contributed by atoms with E-state index in [0.717, 1.165) is 20.4 Å². The zero-order chi connectivity index (χ0) is 20.8. The summed E-state index contributed by atoms with van der Waals surface area (Å²) in [7, 11) is 0. The summed E-state index contributed by atoms with van der Waals surface area (Å²) < 4.78 is 6.74. The predicted octanol–water partition coefficient (Wildman–Crippen LogP) is 5.99. The smallest absolute Gasteiger partial charge is 0.274 e. The summed E-state index contributed by atoms with van der Waals surface area (Å²) in [6.07, 6.45) is 3.04. The molecule has 0 aliphatic carbocycles. The first-order chi connectivity index (χ1) is 13.9. The van der Waals surface area contributed by atoms with Gasteiger partial charge < -0.3 is 4.74 Å². The number of carbonyl (C=O) groups is 1. The summed E-state index contributed by atoms with van der Waals surface area (Å²) in [4.78, 5) is 15.9. The van der Waals surface area contributed by atoms with Crippen LogP contribution >= 0.6 is 57.4 Å². The fourth-order valence-corrected chi connectivity index (χ4v) is 3.51. The van der Waals surface area contributed by atoms with Crippen LogP contribution in [0.2, 0.25) is 15.2 Å². The summed E-state index contributed by atoms with van der Waals surface area (Å²) >= 11 is 20.0. The molecule has 0 radical (unpaired) electrons. The Bertz CT molecular complexity index is 1080. The molecule has 1 aromatic heterocycles. The number of benzene rings is 2. The van der Waals surface area contributed by atoms with Gasteiger partial charge in [0.2, 0.25) is 0 Å². The lowest BCUT2D eigenvalue weighted by molar-refractivity contribution is 0.0955. The van der Waals surface area contributed by atoms with Gasteiger partial charge in [0, 0.05) is 6.20 Å². The van der Waals surface area contributed by atoms with Gasteiger partial charge in [-0.15, -0.1) is 0 Å². The van der Waals surface area contributed by atoms with Crippen molar-refractivity contribution in [1.82, 2.24) is 10.4 Å². The molecule has 0 fully saturated rings. The molecule has 0 unspecified atom stereocenters. The highest BCUT2D eigenvalue weighted by atomic mass is 127. The van der Waals surface area contributed by atoms with E-state index >= 15 is 0 Å². The van der Waals surface area contributed by atoms with Crippen molar-refractivity contribution in [2.75, 3.05) is 0 Å². The Hall–Kier alpha value is -1.87. The van der Waals surface area contributed by atoms with Crippen molar-refractivity contribution >= 4 is 69.5 Å². The molecule has 9 heteroatoms. The van der Waals surface area contributed by atoms with Gasteiger partial charge in [0.1, 0.15) is 17.5 Å². The number of halogens is 4. The van der Waals surface area contributed by atoms with Crippen LogP contribution in [0, 0.1) is 3.57 Å². The highest BCUT2D eigenvalue weighted by Gasteiger charge is 2.09. The van der Waals surface area contributed by atoms with Gasteiger partial charge in [-0.1, -0.05) is 40.9 Å². The first-order valence-electron chi connectivity index (χ1n) is 8.24. The van der Waals surface area contributed by atoms with Gasteiger partial charge in [0.15, 0.2) is 0 Å². The number of nitrogens with one attached hydrogen (secondary N) is 1. The standard InChI is InChI=1S/C20H13Cl3IN3O2/c21-15-5-3-13(8-16(15)22)11-29-18-6-4-12(9-17(18)24)10-26-27-20(28)14-2-1-7-25-19(14)23/h1-10H,11H2,(H,27,28). The number of nitrogens with zero attached hydrogens (tertiary/aromatic N) is 2. The quantitative estimate of drug-likeness (QED) is 0.174. The number of rotatable bonds is 6. The van der Waals surface area contributed by atoms with Crippen molar-refractivity contribution in [1.29, 1.82) is 0 Å². The molecule has 1 N–H and O–H groups in total. The minimum atomic E-state index is -0.435. The van der Waals surface area contributed by atoms with Crippen LogP contribution in [0.3, 0.4) is 0 Å². The van der Waals surface area contributed by atoms with E-state index in [1.165, 1.54) is 12.4 Å². The highest BCUT2D eigenvalue weighted by Crippen LogP contribution is 2.25. The zero-order valence-corrected chi connectivity index (χ0v) is 19.1. The summed E-state index contributed by atoms with van der Waals surface area (Å²) in [6, 6.07) is 14.1. The molecule has 2 aromatic carbocycles. The predicted molar refractivity (Wildman–Crippen MR) is 124 cm³/mol. The molecule has 0 bridgehead atoms. The Morgan fingerprint density at radius 2 is 1.97 bits per heavy atom. The largest absolute Gasteiger partial charge is 0.488 e. The van der Waals surface area contributed by atoms with Crippen molar-refractivity contribution in [3.63, 3.8) is 0 Å². The minimum absolute atomic E-state index is 0.123. The molecule has 3 aromatic rings. The van der Waals surface area contributed by atoms with E-state index in [0.29, 0.717) is 16.7 Å². The van der Waals surface area contributed by atoms with Crippen LogP contribution in [0.25, 0.3) is 0 Å². The molecule has 0 spiro atoms. The maximum absolute atomic E-state index is 12.1. The lowest BCUT2D eigenvalue weighted by Gasteiger charge is -2.09. The van der Waals surface area contributed by atoms with Crippen LogP contribution in [-0.2, 0) is 6.61 Å². The van der Waals surface area contributed by atoms with Crippen molar-refractivity contribution < 1.29 is 9.53 Å². The first kappa shape index (κ1) is 21.8. The number of ether oxygens (including phenoxy) is 1. The Morgan fingerprint density at radius 1 is 1.14 bits per heavy atom. The van der Waals surface area contributed by atoms with Gasteiger partial charge in [-0.05, 0) is 76.2 Å². The molecule has 3 rings (SSSR count). The maximum atomic E-state index is 12.1. The van der Waals surface area contributed by atoms with E-state index in [-0.39, 0.29) is 10.7 Å². The van der Waals surface area contributed by atoms with E-state index < -0.39 is 5.91 Å². The van der Waals surface area contributed by atoms with Gasteiger partial charge in [0.25, 0.3) is 5.91 Å². The van der Waals surface area contributed by atoms with E-state index in [1.807, 2.05) is 24.3 Å². The summed E-state index contributed by atoms with van der Waals surface area (Å²) in [5.41, 5.74) is 4.40.